The molecule has 1 N–H and O–H groups in total. The number of halogens is 2. The van der Waals surface area contributed by atoms with Crippen LogP contribution in [-0.2, 0) is 0 Å². The lowest BCUT2D eigenvalue weighted by Crippen LogP contribution is -2.33. The summed E-state index contributed by atoms with van der Waals surface area (Å²) in [6, 6.07) is 4.11. The molecule has 0 heterocycles. The predicted octanol–water partition coefficient (Wildman–Crippen LogP) is 2.87. The summed E-state index contributed by atoms with van der Waals surface area (Å²) in [7, 11) is 0. The Morgan fingerprint density at radius 2 is 2.18 bits per heavy atom. The van der Waals surface area contributed by atoms with Crippen LogP contribution in [0.15, 0.2) is 22.7 Å². The Balaban J connectivity index is 2.97. The topological polar surface area (TPSA) is 72.2 Å². The summed E-state index contributed by atoms with van der Waals surface area (Å²) in [6.07, 6.45) is 0. The Bertz CT molecular complexity index is 451. The van der Waals surface area contributed by atoms with Crippen LogP contribution >= 0.6 is 31.9 Å². The number of nitrogens with zero attached hydrogens (tertiary/aromatic N) is 1. The number of carbonyl (C=O) groups is 1. The van der Waals surface area contributed by atoms with Crippen LogP contribution in [0.5, 0.6) is 0 Å². The molecule has 0 aliphatic heterocycles. The molecule has 1 rings (SSSR count). The van der Waals surface area contributed by atoms with Gasteiger partial charge in [-0.3, -0.25) is 14.9 Å². The van der Waals surface area contributed by atoms with E-state index in [2.05, 4.69) is 37.2 Å². The van der Waals surface area contributed by atoms with Gasteiger partial charge in [-0.05, 0) is 13.0 Å². The van der Waals surface area contributed by atoms with Gasteiger partial charge in [-0.1, -0.05) is 31.9 Å². The maximum absolute atomic E-state index is 11.8. The summed E-state index contributed by atoms with van der Waals surface area (Å²) < 4.78 is 0.503. The number of non-ortho nitro benzene ring substituents is 1. The molecule has 0 saturated heterocycles. The Kier molecular flexibility index (Phi) is 5.07. The van der Waals surface area contributed by atoms with Gasteiger partial charge in [-0.25, -0.2) is 0 Å². The number of amides is 1. The van der Waals surface area contributed by atoms with E-state index >= 15 is 0 Å². The Labute approximate surface area is 115 Å². The Hall–Kier alpha value is -0.950. The van der Waals surface area contributed by atoms with Crippen molar-refractivity contribution in [3.8, 4) is 0 Å². The van der Waals surface area contributed by atoms with Crippen molar-refractivity contribution < 1.29 is 9.72 Å². The van der Waals surface area contributed by atoms with E-state index in [1.807, 2.05) is 6.92 Å². The highest BCUT2D eigenvalue weighted by molar-refractivity contribution is 9.10. The SMILES string of the molecule is CC(CBr)NC(=O)c1cc(Br)cc([N+](=O)[O-])c1. The van der Waals surface area contributed by atoms with Gasteiger partial charge in [-0.2, -0.15) is 0 Å². The Morgan fingerprint density at radius 3 is 2.71 bits per heavy atom. The zero-order valence-electron chi connectivity index (χ0n) is 8.94. The van der Waals surface area contributed by atoms with Crippen LogP contribution in [0.25, 0.3) is 0 Å². The number of nitro benzene ring substituents is 1. The zero-order chi connectivity index (χ0) is 13.0. The van der Waals surface area contributed by atoms with Crippen molar-refractivity contribution in [2.24, 2.45) is 0 Å². The lowest BCUT2D eigenvalue weighted by atomic mass is 10.2. The van der Waals surface area contributed by atoms with Gasteiger partial charge in [0.15, 0.2) is 0 Å². The van der Waals surface area contributed by atoms with Crippen LogP contribution in [0.4, 0.5) is 5.69 Å². The molecule has 0 saturated carbocycles. The second kappa shape index (κ2) is 6.11. The predicted molar refractivity (Wildman–Crippen MR) is 71.5 cm³/mol. The van der Waals surface area contributed by atoms with Gasteiger partial charge in [-0.15, -0.1) is 0 Å². The van der Waals surface area contributed by atoms with E-state index in [0.717, 1.165) is 0 Å². The molecule has 0 aliphatic carbocycles. The molecular weight excluding hydrogens is 356 g/mol. The van der Waals surface area contributed by atoms with Gasteiger partial charge >= 0.3 is 0 Å². The van der Waals surface area contributed by atoms with E-state index in [0.29, 0.717) is 9.80 Å². The molecule has 1 amide bonds. The lowest BCUT2D eigenvalue weighted by molar-refractivity contribution is -0.385. The number of benzene rings is 1. The number of alkyl halides is 1. The zero-order valence-corrected chi connectivity index (χ0v) is 12.1. The molecule has 0 spiro atoms. The minimum atomic E-state index is -0.532. The second-order valence-electron chi connectivity index (χ2n) is 3.48. The fourth-order valence-corrected chi connectivity index (χ4v) is 1.80. The first-order valence-corrected chi connectivity index (χ1v) is 6.67. The van der Waals surface area contributed by atoms with Gasteiger partial charge < -0.3 is 5.32 Å². The molecule has 0 aliphatic rings. The quantitative estimate of drug-likeness (QED) is 0.506. The molecule has 17 heavy (non-hydrogen) atoms. The molecule has 0 radical (unpaired) electrons. The van der Waals surface area contributed by atoms with E-state index in [9.17, 15) is 14.9 Å². The first-order chi connectivity index (χ1) is 7.93. The fourth-order valence-electron chi connectivity index (χ4n) is 1.16. The van der Waals surface area contributed by atoms with E-state index in [4.69, 9.17) is 0 Å². The van der Waals surface area contributed by atoms with Crippen LogP contribution in [-0.4, -0.2) is 22.2 Å². The smallest absolute Gasteiger partial charge is 0.271 e. The van der Waals surface area contributed by atoms with Crippen LogP contribution in [0.2, 0.25) is 0 Å². The van der Waals surface area contributed by atoms with Crippen molar-refractivity contribution in [1.82, 2.24) is 5.32 Å². The molecule has 5 nitrogen and oxygen atoms in total. The number of rotatable bonds is 4. The van der Waals surface area contributed by atoms with Crippen molar-refractivity contribution in [2.75, 3.05) is 5.33 Å². The lowest BCUT2D eigenvalue weighted by Gasteiger charge is -2.10. The average molecular weight is 366 g/mol. The molecule has 1 unspecified atom stereocenters. The van der Waals surface area contributed by atoms with Crippen LogP contribution in [0.3, 0.4) is 0 Å². The van der Waals surface area contributed by atoms with Crippen LogP contribution in [0.1, 0.15) is 17.3 Å². The third-order valence-corrected chi connectivity index (χ3v) is 3.39. The molecule has 0 aromatic heterocycles. The van der Waals surface area contributed by atoms with Crippen molar-refractivity contribution in [2.45, 2.75) is 13.0 Å². The molecular formula is C10H10Br2N2O3. The van der Waals surface area contributed by atoms with Crippen molar-refractivity contribution in [1.29, 1.82) is 0 Å². The van der Waals surface area contributed by atoms with Crippen molar-refractivity contribution in [3.63, 3.8) is 0 Å². The highest BCUT2D eigenvalue weighted by Gasteiger charge is 2.14. The summed E-state index contributed by atoms with van der Waals surface area (Å²) in [4.78, 5) is 21.9. The first-order valence-electron chi connectivity index (χ1n) is 4.76. The van der Waals surface area contributed by atoms with Gasteiger partial charge in [0.2, 0.25) is 0 Å². The van der Waals surface area contributed by atoms with E-state index < -0.39 is 4.92 Å². The molecule has 92 valence electrons. The largest absolute Gasteiger partial charge is 0.349 e. The molecule has 1 aromatic carbocycles. The third kappa shape index (κ3) is 4.08. The van der Waals surface area contributed by atoms with E-state index in [-0.39, 0.29) is 23.2 Å². The van der Waals surface area contributed by atoms with Crippen molar-refractivity contribution >= 4 is 43.5 Å². The van der Waals surface area contributed by atoms with Gasteiger partial charge in [0.05, 0.1) is 4.92 Å². The number of hydrogen-bond donors (Lipinski definition) is 1. The number of nitro groups is 1. The Morgan fingerprint density at radius 1 is 1.53 bits per heavy atom. The van der Waals surface area contributed by atoms with Gasteiger partial charge in [0, 0.05) is 33.5 Å². The van der Waals surface area contributed by atoms with Crippen molar-refractivity contribution in [3.05, 3.63) is 38.3 Å². The number of carbonyl (C=O) groups excluding carboxylic acids is 1. The molecule has 0 bridgehead atoms. The molecule has 7 heteroatoms. The van der Waals surface area contributed by atoms with Gasteiger partial charge in [0.1, 0.15) is 0 Å². The van der Waals surface area contributed by atoms with E-state index in [1.165, 1.54) is 12.1 Å². The second-order valence-corrected chi connectivity index (χ2v) is 5.05. The van der Waals surface area contributed by atoms with Crippen LogP contribution < -0.4 is 5.32 Å². The summed E-state index contributed by atoms with van der Waals surface area (Å²) >= 11 is 6.37. The van der Waals surface area contributed by atoms with E-state index in [1.54, 1.807) is 6.07 Å². The third-order valence-electron chi connectivity index (χ3n) is 1.96. The maximum atomic E-state index is 11.8. The normalized spacial score (nSPS) is 11.9. The monoisotopic (exact) mass is 364 g/mol. The van der Waals surface area contributed by atoms with Gasteiger partial charge in [0.25, 0.3) is 11.6 Å². The highest BCUT2D eigenvalue weighted by Crippen LogP contribution is 2.21. The molecule has 0 fully saturated rings. The maximum Gasteiger partial charge on any atom is 0.271 e. The minimum absolute atomic E-state index is 0.0412. The molecule has 1 atom stereocenters. The van der Waals surface area contributed by atoms with Crippen LogP contribution in [0, 0.1) is 10.1 Å². The minimum Gasteiger partial charge on any atom is -0.349 e. The number of nitrogens with one attached hydrogen (secondary N) is 1. The summed E-state index contributed by atoms with van der Waals surface area (Å²) in [5, 5.41) is 14.0. The molecule has 1 aromatic rings. The summed E-state index contributed by atoms with van der Waals surface area (Å²) in [5.74, 6) is -0.332. The summed E-state index contributed by atoms with van der Waals surface area (Å²) in [6.45, 7) is 1.83. The summed E-state index contributed by atoms with van der Waals surface area (Å²) in [5.41, 5.74) is 0.148. The fraction of sp³-hybridized carbons (Fsp3) is 0.300. The number of hydrogen-bond acceptors (Lipinski definition) is 3. The first kappa shape index (κ1) is 14.1. The standard InChI is InChI=1S/C10H10Br2N2O3/c1-6(5-11)13-10(15)7-2-8(12)4-9(3-7)14(16)17/h2-4,6H,5H2,1H3,(H,13,15). The highest BCUT2D eigenvalue weighted by atomic mass is 79.9. The average Bonchev–Trinajstić information content (AvgIpc) is 2.27.